The molecule has 2 heterocycles. The van der Waals surface area contributed by atoms with Crippen molar-refractivity contribution in [3.8, 4) is 11.8 Å². The van der Waals surface area contributed by atoms with Gasteiger partial charge >= 0.3 is 0 Å². The van der Waals surface area contributed by atoms with Crippen LogP contribution < -0.4 is 14.6 Å². The number of allylic oxidation sites excluding steroid dienone is 1. The summed E-state index contributed by atoms with van der Waals surface area (Å²) in [5.41, 5.74) is 0.113. The summed E-state index contributed by atoms with van der Waals surface area (Å²) in [7, 11) is 1.61. The minimum absolute atomic E-state index is 0.355. The van der Waals surface area contributed by atoms with E-state index < -0.39 is 11.8 Å². The molecule has 0 spiro atoms. The zero-order valence-electron chi connectivity index (χ0n) is 14.0. The normalized spacial score (nSPS) is 25.9. The number of nitriles is 1. The van der Waals surface area contributed by atoms with Crippen molar-refractivity contribution >= 4 is 12.6 Å². The smallest absolute Gasteiger partial charge is 0.216 e. The Morgan fingerprint density at radius 2 is 1.88 bits per heavy atom. The van der Waals surface area contributed by atoms with Gasteiger partial charge in [0.15, 0.2) is 18.1 Å². The average molecular weight is 354 g/mol. The molecule has 2 aromatic rings. The summed E-state index contributed by atoms with van der Waals surface area (Å²) in [5.74, 6) is 0.383. The Morgan fingerprint density at radius 1 is 1.24 bits per heavy atom. The van der Waals surface area contributed by atoms with E-state index in [0.29, 0.717) is 10.6 Å². The van der Waals surface area contributed by atoms with Crippen LogP contribution in [0.1, 0.15) is 24.4 Å². The second-order valence-corrected chi connectivity index (χ2v) is 6.61. The van der Waals surface area contributed by atoms with Crippen molar-refractivity contribution in [1.29, 1.82) is 5.26 Å². The molecule has 25 heavy (non-hydrogen) atoms. The first-order valence-electron chi connectivity index (χ1n) is 7.91. The Morgan fingerprint density at radius 3 is 2.44 bits per heavy atom. The van der Waals surface area contributed by atoms with E-state index in [0.717, 1.165) is 11.3 Å². The fourth-order valence-corrected chi connectivity index (χ4v) is 3.77. The van der Waals surface area contributed by atoms with Gasteiger partial charge in [-0.2, -0.15) is 9.83 Å². The van der Waals surface area contributed by atoms with Crippen LogP contribution >= 0.6 is 12.6 Å². The van der Waals surface area contributed by atoms with Crippen molar-refractivity contribution in [3.05, 3.63) is 71.0 Å². The van der Waals surface area contributed by atoms with Gasteiger partial charge in [-0.05, 0) is 24.6 Å². The second-order valence-electron chi connectivity index (χ2n) is 6.16. The monoisotopic (exact) mass is 354 g/mol. The third kappa shape index (κ3) is 3.21. The molecule has 1 aliphatic heterocycles. The van der Waals surface area contributed by atoms with Crippen LogP contribution in [0.4, 0.5) is 0 Å². The molecule has 0 unspecified atom stereocenters. The van der Waals surface area contributed by atoms with Gasteiger partial charge in [0, 0.05) is 12.1 Å². The Bertz CT molecular complexity index is 826. The number of methoxy groups -OCH3 is 1. The van der Waals surface area contributed by atoms with E-state index in [1.54, 1.807) is 14.0 Å². The lowest BCUT2D eigenvalue weighted by molar-refractivity contribution is -0.741. The highest BCUT2D eigenvalue weighted by molar-refractivity contribution is 7.84. The molecule has 128 valence electrons. The van der Waals surface area contributed by atoms with Gasteiger partial charge in [0.1, 0.15) is 5.75 Å². The number of aromatic nitrogens is 1. The minimum atomic E-state index is -1.28. The van der Waals surface area contributed by atoms with Crippen molar-refractivity contribution in [1.82, 2.24) is 5.32 Å². The number of pyridine rings is 1. The molecule has 1 aromatic heterocycles. The summed E-state index contributed by atoms with van der Waals surface area (Å²) in [6.45, 7) is 1.69. The van der Waals surface area contributed by atoms with E-state index in [1.807, 2.05) is 59.4 Å². The summed E-state index contributed by atoms with van der Waals surface area (Å²) in [6, 6.07) is 15.1. The summed E-state index contributed by atoms with van der Waals surface area (Å²) < 4.78 is 7.14. The number of benzene rings is 1. The molecule has 3 atom stereocenters. The molecule has 0 amide bonds. The molecule has 3 rings (SSSR count). The number of ether oxygens (including phenoxy) is 1. The fourth-order valence-electron chi connectivity index (χ4n) is 3.35. The van der Waals surface area contributed by atoms with Crippen LogP contribution in [0.5, 0.6) is 5.75 Å². The summed E-state index contributed by atoms with van der Waals surface area (Å²) >= 11 is 4.40. The standard InChI is InChI=1S/C19H19N3O2S/c1-19(23)17(22-10-4-3-5-11-22)16(15(12-20)18(25)21-19)13-6-8-14(24-2)9-7-13/h3-11,16-17,21,23H,1-2H3/p+1/t16-,17+,19+/m1/s1. The highest BCUT2D eigenvalue weighted by Gasteiger charge is 2.51. The fraction of sp³-hybridized carbons (Fsp3) is 0.263. The molecule has 1 aliphatic rings. The first kappa shape index (κ1) is 17.3. The number of aliphatic hydroxyl groups is 1. The third-order valence-corrected chi connectivity index (χ3v) is 4.84. The van der Waals surface area contributed by atoms with Gasteiger partial charge in [-0.1, -0.05) is 18.2 Å². The van der Waals surface area contributed by atoms with Gasteiger partial charge in [0.05, 0.1) is 29.7 Å². The lowest BCUT2D eigenvalue weighted by atomic mass is 9.78. The first-order chi connectivity index (χ1) is 12.0. The number of rotatable bonds is 3. The van der Waals surface area contributed by atoms with E-state index in [1.165, 1.54) is 0 Å². The zero-order chi connectivity index (χ0) is 18.0. The van der Waals surface area contributed by atoms with Crippen LogP contribution in [0.3, 0.4) is 0 Å². The predicted octanol–water partition coefficient (Wildman–Crippen LogP) is 2.28. The molecule has 6 heteroatoms. The highest BCUT2D eigenvalue weighted by atomic mass is 32.1. The molecule has 0 saturated carbocycles. The van der Waals surface area contributed by atoms with Crippen LogP contribution in [0.25, 0.3) is 0 Å². The average Bonchev–Trinajstić information content (AvgIpc) is 2.61. The number of nitrogens with one attached hydrogen (secondary N) is 1. The van der Waals surface area contributed by atoms with Crippen LogP contribution in [-0.2, 0) is 0 Å². The highest BCUT2D eigenvalue weighted by Crippen LogP contribution is 2.43. The van der Waals surface area contributed by atoms with Gasteiger partial charge < -0.3 is 15.2 Å². The van der Waals surface area contributed by atoms with Crippen LogP contribution in [0.15, 0.2) is 65.5 Å². The van der Waals surface area contributed by atoms with E-state index in [-0.39, 0.29) is 5.92 Å². The molecular formula is C19H20N3O2S+. The van der Waals surface area contributed by atoms with E-state index in [9.17, 15) is 10.4 Å². The number of hydrogen-bond acceptors (Lipinski definition) is 5. The third-order valence-electron chi connectivity index (χ3n) is 4.48. The predicted molar refractivity (Wildman–Crippen MR) is 96.8 cm³/mol. The van der Waals surface area contributed by atoms with Crippen molar-refractivity contribution in [2.75, 3.05) is 7.11 Å². The van der Waals surface area contributed by atoms with Gasteiger partial charge in [0.2, 0.25) is 6.04 Å². The van der Waals surface area contributed by atoms with Crippen LogP contribution in [-0.4, -0.2) is 17.9 Å². The molecule has 0 bridgehead atoms. The van der Waals surface area contributed by atoms with Crippen LogP contribution in [0, 0.1) is 11.3 Å². The minimum Gasteiger partial charge on any atom is -0.497 e. The van der Waals surface area contributed by atoms with Crippen molar-refractivity contribution in [2.24, 2.45) is 0 Å². The van der Waals surface area contributed by atoms with E-state index >= 15 is 0 Å². The van der Waals surface area contributed by atoms with E-state index in [2.05, 4.69) is 24.0 Å². The Kier molecular flexibility index (Phi) is 4.71. The van der Waals surface area contributed by atoms with Gasteiger partial charge in [-0.3, -0.25) is 0 Å². The maximum atomic E-state index is 11.1. The number of hydrogen-bond donors (Lipinski definition) is 3. The molecule has 2 N–H and O–H groups in total. The summed E-state index contributed by atoms with van der Waals surface area (Å²) in [4.78, 5) is 0. The Hall–Kier alpha value is -2.49. The number of thiol groups is 1. The Labute approximate surface area is 152 Å². The summed E-state index contributed by atoms with van der Waals surface area (Å²) in [6.07, 6.45) is 3.77. The second kappa shape index (κ2) is 6.79. The maximum Gasteiger partial charge on any atom is 0.216 e. The van der Waals surface area contributed by atoms with Gasteiger partial charge in [-0.25, -0.2) is 0 Å². The molecule has 0 aliphatic carbocycles. The quantitative estimate of drug-likeness (QED) is 0.584. The van der Waals surface area contributed by atoms with Crippen molar-refractivity contribution in [3.63, 3.8) is 0 Å². The molecule has 0 radical (unpaired) electrons. The van der Waals surface area contributed by atoms with Gasteiger partial charge in [0.25, 0.3) is 0 Å². The topological polar surface area (TPSA) is 69.2 Å². The number of nitrogens with zero attached hydrogens (tertiary/aromatic N) is 2. The molecule has 5 nitrogen and oxygen atoms in total. The SMILES string of the molecule is COc1ccc([C@@H]2C(C#N)=C(S)N[C@@](C)(O)[C@H]2[n+]2ccccc2)cc1. The first-order valence-corrected chi connectivity index (χ1v) is 8.36. The van der Waals surface area contributed by atoms with Crippen molar-refractivity contribution < 1.29 is 14.4 Å². The Balaban J connectivity index is 2.19. The largest absolute Gasteiger partial charge is 0.497 e. The lowest BCUT2D eigenvalue weighted by Crippen LogP contribution is -2.62. The summed E-state index contributed by atoms with van der Waals surface area (Å²) in [5, 5.41) is 24.1. The maximum absolute atomic E-state index is 11.1. The van der Waals surface area contributed by atoms with Crippen LogP contribution in [0.2, 0.25) is 0 Å². The van der Waals surface area contributed by atoms with Crippen molar-refractivity contribution in [2.45, 2.75) is 24.6 Å². The molecular weight excluding hydrogens is 334 g/mol. The van der Waals surface area contributed by atoms with Gasteiger partial charge in [-0.15, -0.1) is 12.6 Å². The van der Waals surface area contributed by atoms with E-state index in [4.69, 9.17) is 4.74 Å². The molecule has 1 aromatic carbocycles. The molecule has 0 saturated heterocycles. The zero-order valence-corrected chi connectivity index (χ0v) is 14.9. The molecule has 0 fully saturated rings. The lowest BCUT2D eigenvalue weighted by Gasteiger charge is -2.39.